The topological polar surface area (TPSA) is 75.7 Å². The molecule has 0 radical (unpaired) electrons. The molecular weight excluding hydrogens is 422 g/mol. The Kier molecular flexibility index (Phi) is 5.91. The molecule has 9 heteroatoms. The van der Waals surface area contributed by atoms with Gasteiger partial charge in [-0.05, 0) is 44.2 Å². The zero-order valence-electron chi connectivity index (χ0n) is 15.3. The number of carbonyl (C=O) groups excluding carboxylic acids is 3. The minimum Gasteiger partial charge on any atom is -0.459 e. The van der Waals surface area contributed by atoms with Crippen LogP contribution in [0.5, 0.6) is 0 Å². The van der Waals surface area contributed by atoms with E-state index < -0.39 is 23.6 Å². The van der Waals surface area contributed by atoms with Crippen LogP contribution in [-0.2, 0) is 14.3 Å². The molecule has 0 atom stereocenters. The van der Waals surface area contributed by atoms with E-state index in [0.29, 0.717) is 0 Å². The third-order valence-electron chi connectivity index (χ3n) is 3.92. The third kappa shape index (κ3) is 4.11. The van der Waals surface area contributed by atoms with E-state index >= 15 is 0 Å². The van der Waals surface area contributed by atoms with Crippen molar-refractivity contribution in [3.05, 3.63) is 69.6 Å². The lowest BCUT2D eigenvalue weighted by Crippen LogP contribution is -2.33. The van der Waals surface area contributed by atoms with Gasteiger partial charge in [-0.25, -0.2) is 14.1 Å². The van der Waals surface area contributed by atoms with Crippen molar-refractivity contribution in [2.24, 2.45) is 0 Å². The Morgan fingerprint density at radius 3 is 2.45 bits per heavy atom. The smallest absolute Gasteiger partial charge is 0.340 e. The maximum absolute atomic E-state index is 13.4. The number of esters is 1. The van der Waals surface area contributed by atoms with Crippen molar-refractivity contribution in [3.63, 3.8) is 0 Å². The molecule has 1 N–H and O–H groups in total. The first kappa shape index (κ1) is 20.8. The normalized spacial score (nSPS) is 14.1. The van der Waals surface area contributed by atoms with Gasteiger partial charge in [0.1, 0.15) is 16.5 Å². The fraction of sp³-hybridized carbons (Fsp3) is 0.150. The SMILES string of the molecule is CC(C)OC(=O)c1ccccc1N1C(=O)C(Cl)=C(Nc2ccc(F)c(Cl)c2)C1=O. The van der Waals surface area contributed by atoms with Crippen LogP contribution in [0.2, 0.25) is 5.02 Å². The van der Waals surface area contributed by atoms with Gasteiger partial charge in [0.2, 0.25) is 0 Å². The fourth-order valence-electron chi connectivity index (χ4n) is 2.67. The first-order chi connectivity index (χ1) is 13.7. The highest BCUT2D eigenvalue weighted by atomic mass is 35.5. The molecule has 6 nitrogen and oxygen atoms in total. The highest BCUT2D eigenvalue weighted by Gasteiger charge is 2.40. The Labute approximate surface area is 175 Å². The van der Waals surface area contributed by atoms with Crippen LogP contribution >= 0.6 is 23.2 Å². The van der Waals surface area contributed by atoms with Crippen molar-refractivity contribution in [1.29, 1.82) is 0 Å². The van der Waals surface area contributed by atoms with Gasteiger partial charge in [0, 0.05) is 5.69 Å². The molecule has 0 fully saturated rings. The summed E-state index contributed by atoms with van der Waals surface area (Å²) >= 11 is 11.8. The summed E-state index contributed by atoms with van der Waals surface area (Å²) in [5, 5.41) is 2.15. The van der Waals surface area contributed by atoms with Crippen LogP contribution in [0.25, 0.3) is 0 Å². The van der Waals surface area contributed by atoms with Gasteiger partial charge in [0.15, 0.2) is 0 Å². The molecule has 0 saturated heterocycles. The van der Waals surface area contributed by atoms with Crippen molar-refractivity contribution < 1.29 is 23.5 Å². The Morgan fingerprint density at radius 2 is 1.79 bits per heavy atom. The number of nitrogens with one attached hydrogen (secondary N) is 1. The van der Waals surface area contributed by atoms with E-state index in [1.807, 2.05) is 0 Å². The second-order valence-electron chi connectivity index (χ2n) is 6.36. The number of rotatable bonds is 5. The van der Waals surface area contributed by atoms with Crippen LogP contribution in [-0.4, -0.2) is 23.9 Å². The second-order valence-corrected chi connectivity index (χ2v) is 7.14. The summed E-state index contributed by atoms with van der Waals surface area (Å²) in [7, 11) is 0. The molecule has 1 heterocycles. The number of carbonyl (C=O) groups is 3. The van der Waals surface area contributed by atoms with Crippen molar-refractivity contribution in [1.82, 2.24) is 0 Å². The van der Waals surface area contributed by atoms with E-state index in [0.717, 1.165) is 11.0 Å². The maximum Gasteiger partial charge on any atom is 0.340 e. The predicted octanol–water partition coefficient (Wildman–Crippen LogP) is 4.48. The van der Waals surface area contributed by atoms with Gasteiger partial charge in [0.25, 0.3) is 11.8 Å². The van der Waals surface area contributed by atoms with Crippen molar-refractivity contribution in [3.8, 4) is 0 Å². The van der Waals surface area contributed by atoms with E-state index in [2.05, 4.69) is 5.32 Å². The number of hydrogen-bond acceptors (Lipinski definition) is 5. The fourth-order valence-corrected chi connectivity index (χ4v) is 3.06. The van der Waals surface area contributed by atoms with E-state index in [1.165, 1.54) is 24.3 Å². The van der Waals surface area contributed by atoms with E-state index in [-0.39, 0.29) is 38.8 Å². The van der Waals surface area contributed by atoms with Crippen LogP contribution in [0.15, 0.2) is 53.2 Å². The summed E-state index contributed by atoms with van der Waals surface area (Å²) in [5.41, 5.74) is 0.130. The molecule has 0 unspecified atom stereocenters. The van der Waals surface area contributed by atoms with Crippen molar-refractivity contribution in [2.75, 3.05) is 10.2 Å². The number of amides is 2. The molecule has 0 aliphatic carbocycles. The Morgan fingerprint density at radius 1 is 1.10 bits per heavy atom. The summed E-state index contributed by atoms with van der Waals surface area (Å²) in [4.78, 5) is 38.8. The average molecular weight is 437 g/mol. The second kappa shape index (κ2) is 8.23. The summed E-state index contributed by atoms with van der Waals surface area (Å²) in [6.45, 7) is 3.36. The average Bonchev–Trinajstić information content (AvgIpc) is 2.87. The van der Waals surface area contributed by atoms with Gasteiger partial charge in [-0.3, -0.25) is 9.59 Å². The maximum atomic E-state index is 13.4. The van der Waals surface area contributed by atoms with Gasteiger partial charge in [-0.2, -0.15) is 0 Å². The molecule has 2 amide bonds. The number of ether oxygens (including phenoxy) is 1. The summed E-state index contributed by atoms with van der Waals surface area (Å²) < 4.78 is 18.5. The molecule has 150 valence electrons. The van der Waals surface area contributed by atoms with Gasteiger partial charge >= 0.3 is 5.97 Å². The minimum atomic E-state index is -0.808. The van der Waals surface area contributed by atoms with Crippen LogP contribution in [0.4, 0.5) is 15.8 Å². The minimum absolute atomic E-state index is 0.0402. The molecule has 1 aliphatic rings. The molecule has 29 heavy (non-hydrogen) atoms. The van der Waals surface area contributed by atoms with Gasteiger partial charge < -0.3 is 10.1 Å². The van der Waals surface area contributed by atoms with E-state index in [4.69, 9.17) is 27.9 Å². The summed E-state index contributed by atoms with van der Waals surface area (Å²) in [6.07, 6.45) is -0.386. The number of hydrogen-bond donors (Lipinski definition) is 1. The number of para-hydroxylation sites is 1. The zero-order valence-corrected chi connectivity index (χ0v) is 16.8. The van der Waals surface area contributed by atoms with Crippen LogP contribution in [0, 0.1) is 5.82 Å². The molecule has 0 saturated carbocycles. The monoisotopic (exact) mass is 436 g/mol. The largest absolute Gasteiger partial charge is 0.459 e. The highest BCUT2D eigenvalue weighted by Crippen LogP contribution is 2.33. The number of imide groups is 1. The Balaban J connectivity index is 1.95. The quantitative estimate of drug-likeness (QED) is 0.552. The van der Waals surface area contributed by atoms with Gasteiger partial charge in [-0.15, -0.1) is 0 Å². The standard InChI is InChI=1S/C20H15Cl2FN2O4/c1-10(2)29-20(28)12-5-3-4-6-15(12)25-18(26)16(22)17(19(25)27)24-11-7-8-14(23)13(21)9-11/h3-10,24H,1-2H3. The molecular formula is C20H15Cl2FN2O4. The predicted molar refractivity (Wildman–Crippen MR) is 107 cm³/mol. The summed E-state index contributed by atoms with van der Waals surface area (Å²) in [5.74, 6) is -2.90. The van der Waals surface area contributed by atoms with Crippen LogP contribution in [0.1, 0.15) is 24.2 Å². The molecule has 3 rings (SSSR count). The summed E-state index contributed by atoms with van der Waals surface area (Å²) in [6, 6.07) is 9.74. The Hall–Kier alpha value is -2.90. The number of anilines is 2. The lowest BCUT2D eigenvalue weighted by Gasteiger charge is -2.19. The Bertz CT molecular complexity index is 1050. The first-order valence-electron chi connectivity index (χ1n) is 8.51. The number of benzene rings is 2. The van der Waals surface area contributed by atoms with Crippen LogP contribution in [0.3, 0.4) is 0 Å². The number of nitrogens with zero attached hydrogens (tertiary/aromatic N) is 1. The molecule has 0 bridgehead atoms. The molecule has 0 aromatic heterocycles. The van der Waals surface area contributed by atoms with Gasteiger partial charge in [0.05, 0.1) is 22.4 Å². The lowest BCUT2D eigenvalue weighted by molar-refractivity contribution is -0.120. The highest BCUT2D eigenvalue weighted by molar-refractivity contribution is 6.53. The molecule has 0 spiro atoms. The molecule has 1 aliphatic heterocycles. The first-order valence-corrected chi connectivity index (χ1v) is 9.27. The third-order valence-corrected chi connectivity index (χ3v) is 4.56. The molecule has 2 aromatic carbocycles. The van der Waals surface area contributed by atoms with E-state index in [1.54, 1.807) is 26.0 Å². The number of halogens is 3. The zero-order chi connectivity index (χ0) is 21.3. The van der Waals surface area contributed by atoms with Crippen LogP contribution < -0.4 is 10.2 Å². The van der Waals surface area contributed by atoms with E-state index in [9.17, 15) is 18.8 Å². The van der Waals surface area contributed by atoms with Crippen molar-refractivity contribution in [2.45, 2.75) is 20.0 Å². The van der Waals surface area contributed by atoms with Crippen molar-refractivity contribution >= 4 is 52.4 Å². The molecule has 2 aromatic rings. The van der Waals surface area contributed by atoms with Gasteiger partial charge in [-0.1, -0.05) is 35.3 Å². The lowest BCUT2D eigenvalue weighted by atomic mass is 10.1.